The molecule has 0 saturated carbocycles. The Balaban J connectivity index is 2.02. The molecule has 94 valence electrons. The van der Waals surface area contributed by atoms with Gasteiger partial charge in [-0.15, -0.1) is 0 Å². The first-order chi connectivity index (χ1) is 9.29. The van der Waals surface area contributed by atoms with Gasteiger partial charge >= 0.3 is 0 Å². The Labute approximate surface area is 111 Å². The van der Waals surface area contributed by atoms with Crippen LogP contribution in [0.4, 0.5) is 5.69 Å². The summed E-state index contributed by atoms with van der Waals surface area (Å²) in [6, 6.07) is 14.8. The van der Waals surface area contributed by atoms with Gasteiger partial charge in [0, 0.05) is 18.1 Å². The van der Waals surface area contributed by atoms with E-state index in [0.717, 1.165) is 5.56 Å². The van der Waals surface area contributed by atoms with Gasteiger partial charge in [-0.1, -0.05) is 18.2 Å². The van der Waals surface area contributed by atoms with Gasteiger partial charge in [-0.25, -0.2) is 0 Å². The molecule has 0 radical (unpaired) electrons. The highest BCUT2D eigenvalue weighted by molar-refractivity contribution is 5.94. The second-order valence-electron chi connectivity index (χ2n) is 4.10. The van der Waals surface area contributed by atoms with E-state index in [2.05, 4.69) is 10.3 Å². The molecular formula is C15H13N3O. The number of amides is 1. The number of pyridine rings is 1. The van der Waals surface area contributed by atoms with E-state index in [1.807, 2.05) is 24.3 Å². The predicted octanol–water partition coefficient (Wildman–Crippen LogP) is 2.40. The molecule has 0 bridgehead atoms. The van der Waals surface area contributed by atoms with Crippen molar-refractivity contribution in [1.29, 1.82) is 5.26 Å². The number of nitrogens with zero attached hydrogens (tertiary/aromatic N) is 2. The number of hydrogen-bond donors (Lipinski definition) is 1. The number of nitriles is 1. The summed E-state index contributed by atoms with van der Waals surface area (Å²) >= 11 is 0. The summed E-state index contributed by atoms with van der Waals surface area (Å²) < 4.78 is 0. The van der Waals surface area contributed by atoms with Crippen molar-refractivity contribution in [2.24, 2.45) is 5.92 Å². The van der Waals surface area contributed by atoms with Crippen LogP contribution in [0, 0.1) is 17.2 Å². The monoisotopic (exact) mass is 251 g/mol. The van der Waals surface area contributed by atoms with Crippen LogP contribution in [0.1, 0.15) is 5.56 Å². The Hall–Kier alpha value is -2.67. The molecule has 1 N–H and O–H groups in total. The largest absolute Gasteiger partial charge is 0.325 e. The van der Waals surface area contributed by atoms with Gasteiger partial charge in [0.25, 0.3) is 0 Å². The summed E-state index contributed by atoms with van der Waals surface area (Å²) in [6.07, 6.45) is 3.69. The molecule has 4 heteroatoms. The third kappa shape index (κ3) is 3.65. The lowest BCUT2D eigenvalue weighted by Crippen LogP contribution is -2.23. The zero-order chi connectivity index (χ0) is 13.5. The number of para-hydroxylation sites is 1. The molecule has 2 aromatic rings. The number of rotatable bonds is 4. The van der Waals surface area contributed by atoms with Crippen LogP contribution < -0.4 is 5.32 Å². The molecule has 1 aromatic carbocycles. The predicted molar refractivity (Wildman–Crippen MR) is 72.1 cm³/mol. The molecule has 2 rings (SSSR count). The average Bonchev–Trinajstić information content (AvgIpc) is 2.47. The lowest BCUT2D eigenvalue weighted by Gasteiger charge is -2.10. The van der Waals surface area contributed by atoms with Crippen LogP contribution >= 0.6 is 0 Å². The summed E-state index contributed by atoms with van der Waals surface area (Å²) in [4.78, 5) is 15.9. The lowest BCUT2D eigenvalue weighted by molar-refractivity contribution is -0.118. The van der Waals surface area contributed by atoms with Crippen LogP contribution in [0.15, 0.2) is 54.9 Å². The van der Waals surface area contributed by atoms with Gasteiger partial charge in [-0.3, -0.25) is 9.78 Å². The van der Waals surface area contributed by atoms with E-state index >= 15 is 0 Å². The third-order valence-corrected chi connectivity index (χ3v) is 2.70. The first-order valence-corrected chi connectivity index (χ1v) is 5.94. The zero-order valence-electron chi connectivity index (χ0n) is 10.3. The smallest absolute Gasteiger partial charge is 0.242 e. The maximum absolute atomic E-state index is 12.0. The molecule has 0 fully saturated rings. The number of carbonyl (C=O) groups is 1. The van der Waals surface area contributed by atoms with Crippen molar-refractivity contribution in [2.45, 2.75) is 6.42 Å². The second-order valence-corrected chi connectivity index (χ2v) is 4.10. The molecule has 0 aliphatic heterocycles. The highest BCUT2D eigenvalue weighted by Crippen LogP contribution is 2.11. The van der Waals surface area contributed by atoms with Gasteiger partial charge in [0.1, 0.15) is 5.92 Å². The van der Waals surface area contributed by atoms with Crippen LogP contribution in [0.2, 0.25) is 0 Å². The molecule has 4 nitrogen and oxygen atoms in total. The van der Waals surface area contributed by atoms with Crippen molar-refractivity contribution in [2.75, 3.05) is 5.32 Å². The Morgan fingerprint density at radius 1 is 1.21 bits per heavy atom. The lowest BCUT2D eigenvalue weighted by atomic mass is 10.0. The van der Waals surface area contributed by atoms with Crippen LogP contribution in [0.3, 0.4) is 0 Å². The van der Waals surface area contributed by atoms with Crippen molar-refractivity contribution >= 4 is 11.6 Å². The van der Waals surface area contributed by atoms with Crippen LogP contribution in [0.5, 0.6) is 0 Å². The molecule has 1 aromatic heterocycles. The van der Waals surface area contributed by atoms with Crippen LogP contribution in [-0.2, 0) is 11.2 Å². The highest BCUT2D eigenvalue weighted by atomic mass is 16.1. The van der Waals surface area contributed by atoms with Crippen molar-refractivity contribution < 1.29 is 4.79 Å². The number of carbonyl (C=O) groups excluding carboxylic acids is 1. The molecule has 1 heterocycles. The number of anilines is 1. The van der Waals surface area contributed by atoms with E-state index in [0.29, 0.717) is 12.1 Å². The number of aromatic nitrogens is 1. The molecule has 1 atom stereocenters. The molecule has 19 heavy (non-hydrogen) atoms. The van der Waals surface area contributed by atoms with E-state index in [1.165, 1.54) is 0 Å². The first kappa shape index (κ1) is 12.8. The van der Waals surface area contributed by atoms with Crippen LogP contribution in [0.25, 0.3) is 0 Å². The summed E-state index contributed by atoms with van der Waals surface area (Å²) in [5.41, 5.74) is 1.62. The highest BCUT2D eigenvalue weighted by Gasteiger charge is 2.18. The minimum Gasteiger partial charge on any atom is -0.325 e. The first-order valence-electron chi connectivity index (χ1n) is 5.94. The quantitative estimate of drug-likeness (QED) is 0.907. The average molecular weight is 251 g/mol. The van der Waals surface area contributed by atoms with Gasteiger partial charge in [-0.2, -0.15) is 5.26 Å². The van der Waals surface area contributed by atoms with E-state index in [1.54, 1.807) is 36.7 Å². The fraction of sp³-hybridized carbons (Fsp3) is 0.133. The van der Waals surface area contributed by atoms with E-state index in [-0.39, 0.29) is 5.91 Å². The molecule has 0 unspecified atom stereocenters. The number of nitrogens with one attached hydrogen (secondary N) is 1. The van der Waals surface area contributed by atoms with Gasteiger partial charge in [0.05, 0.1) is 6.07 Å². The zero-order valence-corrected chi connectivity index (χ0v) is 10.3. The minimum atomic E-state index is -0.706. The molecule has 0 spiro atoms. The van der Waals surface area contributed by atoms with Crippen molar-refractivity contribution in [3.8, 4) is 6.07 Å². The molecule has 0 aliphatic rings. The fourth-order valence-corrected chi connectivity index (χ4v) is 1.70. The maximum Gasteiger partial charge on any atom is 0.242 e. The molecular weight excluding hydrogens is 238 g/mol. The van der Waals surface area contributed by atoms with Crippen molar-refractivity contribution in [1.82, 2.24) is 4.98 Å². The van der Waals surface area contributed by atoms with Gasteiger partial charge in [0.15, 0.2) is 0 Å². The minimum absolute atomic E-state index is 0.287. The van der Waals surface area contributed by atoms with Crippen molar-refractivity contribution in [3.63, 3.8) is 0 Å². The standard InChI is InChI=1S/C15H13N3O/c16-11-13(10-12-6-8-17-9-7-12)15(19)18-14-4-2-1-3-5-14/h1-9,13H,10H2,(H,18,19)/t13-/m0/s1. The number of hydrogen-bond acceptors (Lipinski definition) is 3. The normalized spacial score (nSPS) is 11.3. The Morgan fingerprint density at radius 2 is 1.89 bits per heavy atom. The molecule has 0 saturated heterocycles. The Kier molecular flexibility index (Phi) is 4.25. The van der Waals surface area contributed by atoms with Crippen molar-refractivity contribution in [3.05, 3.63) is 60.4 Å². The Morgan fingerprint density at radius 3 is 2.53 bits per heavy atom. The summed E-state index contributed by atoms with van der Waals surface area (Å²) in [6.45, 7) is 0. The second kappa shape index (κ2) is 6.31. The van der Waals surface area contributed by atoms with Gasteiger partial charge in [-0.05, 0) is 36.2 Å². The van der Waals surface area contributed by atoms with Gasteiger partial charge < -0.3 is 5.32 Å². The van der Waals surface area contributed by atoms with E-state index in [4.69, 9.17) is 5.26 Å². The summed E-state index contributed by atoms with van der Waals surface area (Å²) in [5, 5.41) is 11.8. The maximum atomic E-state index is 12.0. The van der Waals surface area contributed by atoms with E-state index in [9.17, 15) is 4.79 Å². The number of benzene rings is 1. The topological polar surface area (TPSA) is 65.8 Å². The third-order valence-electron chi connectivity index (χ3n) is 2.70. The fourth-order valence-electron chi connectivity index (χ4n) is 1.70. The molecule has 1 amide bonds. The van der Waals surface area contributed by atoms with Crippen LogP contribution in [-0.4, -0.2) is 10.9 Å². The van der Waals surface area contributed by atoms with E-state index < -0.39 is 5.92 Å². The summed E-state index contributed by atoms with van der Waals surface area (Å²) in [5.74, 6) is -0.992. The Bertz CT molecular complexity index is 575. The summed E-state index contributed by atoms with van der Waals surface area (Å²) in [7, 11) is 0. The van der Waals surface area contributed by atoms with Gasteiger partial charge in [0.2, 0.25) is 5.91 Å². The SMILES string of the molecule is N#C[C@H](Cc1ccncc1)C(=O)Nc1ccccc1. The molecule has 0 aliphatic carbocycles.